The lowest BCUT2D eigenvalue weighted by Crippen LogP contribution is -2.17. The second-order valence-electron chi connectivity index (χ2n) is 7.80. The van der Waals surface area contributed by atoms with E-state index in [-0.39, 0.29) is 5.75 Å². The van der Waals surface area contributed by atoms with Crippen LogP contribution in [0.2, 0.25) is 0 Å². The van der Waals surface area contributed by atoms with E-state index in [1.807, 2.05) is 0 Å². The van der Waals surface area contributed by atoms with Gasteiger partial charge in [-0.05, 0) is 72.6 Å². The number of nitrogens with zero attached hydrogens (tertiary/aromatic N) is 1. The summed E-state index contributed by atoms with van der Waals surface area (Å²) in [5.41, 5.74) is 3.82. The van der Waals surface area contributed by atoms with E-state index in [0.29, 0.717) is 46.3 Å². The van der Waals surface area contributed by atoms with Crippen LogP contribution < -0.4 is 29.1 Å². The lowest BCUT2D eigenvalue weighted by atomic mass is 10.2. The Morgan fingerprint density at radius 2 is 1.46 bits per heavy atom. The highest BCUT2D eigenvalue weighted by Crippen LogP contribution is 2.29. The van der Waals surface area contributed by atoms with Gasteiger partial charge in [-0.1, -0.05) is 13.3 Å². The van der Waals surface area contributed by atoms with E-state index in [4.69, 9.17) is 23.7 Å². The molecule has 9 nitrogen and oxygen atoms in total. The van der Waals surface area contributed by atoms with Gasteiger partial charge >= 0.3 is 5.97 Å². The van der Waals surface area contributed by atoms with Crippen molar-refractivity contribution >= 4 is 18.1 Å². The number of unbranched alkanes of at least 4 members (excludes halogenated alkanes) is 1. The fraction of sp³-hybridized carbons (Fsp3) is 0.250. The third-order valence-electron chi connectivity index (χ3n) is 5.27. The minimum absolute atomic E-state index is 0.252. The number of amides is 1. The van der Waals surface area contributed by atoms with Crippen LogP contribution in [0.3, 0.4) is 0 Å². The summed E-state index contributed by atoms with van der Waals surface area (Å²) in [5.74, 6) is 1.29. The van der Waals surface area contributed by atoms with Crippen LogP contribution in [-0.2, 0) is 0 Å². The van der Waals surface area contributed by atoms with Crippen molar-refractivity contribution in [2.24, 2.45) is 5.10 Å². The predicted molar refractivity (Wildman–Crippen MR) is 139 cm³/mol. The molecule has 0 bridgehead atoms. The number of benzene rings is 3. The Bertz CT molecular complexity index is 1240. The molecule has 3 aromatic rings. The Balaban J connectivity index is 1.62. The topological polar surface area (TPSA) is 105 Å². The number of hydrogen-bond donors (Lipinski definition) is 1. The minimum Gasteiger partial charge on any atom is -0.494 e. The van der Waals surface area contributed by atoms with Crippen molar-refractivity contribution in [1.82, 2.24) is 5.43 Å². The molecule has 0 radical (unpaired) electrons. The van der Waals surface area contributed by atoms with E-state index >= 15 is 0 Å². The third-order valence-corrected chi connectivity index (χ3v) is 5.27. The maximum atomic E-state index is 12.6. The molecule has 1 N–H and O–H groups in total. The van der Waals surface area contributed by atoms with Gasteiger partial charge in [0.25, 0.3) is 5.91 Å². The molecule has 0 heterocycles. The van der Waals surface area contributed by atoms with E-state index in [1.54, 1.807) is 60.7 Å². The van der Waals surface area contributed by atoms with Crippen molar-refractivity contribution in [3.05, 3.63) is 77.4 Å². The van der Waals surface area contributed by atoms with E-state index in [2.05, 4.69) is 17.5 Å². The number of hydrazone groups is 1. The Morgan fingerprint density at radius 3 is 2.14 bits per heavy atom. The van der Waals surface area contributed by atoms with Gasteiger partial charge in [0.05, 0.1) is 39.7 Å². The summed E-state index contributed by atoms with van der Waals surface area (Å²) < 4.78 is 26.9. The summed E-state index contributed by atoms with van der Waals surface area (Å²) in [6.07, 6.45) is 3.46. The average Bonchev–Trinajstić information content (AvgIpc) is 2.93. The molecule has 0 atom stereocenters. The maximum Gasteiger partial charge on any atom is 0.343 e. The van der Waals surface area contributed by atoms with Gasteiger partial charge in [-0.2, -0.15) is 5.10 Å². The van der Waals surface area contributed by atoms with Crippen molar-refractivity contribution in [2.75, 3.05) is 27.9 Å². The van der Waals surface area contributed by atoms with Crippen LogP contribution in [0.5, 0.6) is 28.7 Å². The van der Waals surface area contributed by atoms with Crippen molar-refractivity contribution < 1.29 is 33.3 Å². The summed E-state index contributed by atoms with van der Waals surface area (Å²) in [5, 5.41) is 3.99. The number of hydrogen-bond acceptors (Lipinski definition) is 8. The number of esters is 1. The molecule has 0 aromatic heterocycles. The smallest absolute Gasteiger partial charge is 0.343 e. The summed E-state index contributed by atoms with van der Waals surface area (Å²) in [7, 11) is 4.48. The van der Waals surface area contributed by atoms with Crippen molar-refractivity contribution in [2.45, 2.75) is 19.8 Å². The van der Waals surface area contributed by atoms with Gasteiger partial charge in [0.1, 0.15) is 5.75 Å². The van der Waals surface area contributed by atoms with E-state index < -0.39 is 11.9 Å². The summed E-state index contributed by atoms with van der Waals surface area (Å²) >= 11 is 0. The quantitative estimate of drug-likeness (QED) is 0.123. The van der Waals surface area contributed by atoms with Crippen LogP contribution in [0.4, 0.5) is 0 Å². The van der Waals surface area contributed by atoms with Gasteiger partial charge in [0, 0.05) is 5.56 Å². The number of nitrogens with one attached hydrogen (secondary N) is 1. The van der Waals surface area contributed by atoms with E-state index in [1.165, 1.54) is 27.5 Å². The normalized spacial score (nSPS) is 10.6. The first-order valence-electron chi connectivity index (χ1n) is 11.7. The molecule has 9 heteroatoms. The first kappa shape index (κ1) is 27.1. The zero-order valence-corrected chi connectivity index (χ0v) is 21.3. The maximum absolute atomic E-state index is 12.6. The van der Waals surface area contributed by atoms with Gasteiger partial charge < -0.3 is 23.7 Å². The second kappa shape index (κ2) is 13.5. The predicted octanol–water partition coefficient (Wildman–Crippen LogP) is 4.87. The molecule has 0 unspecified atom stereocenters. The van der Waals surface area contributed by atoms with Crippen LogP contribution in [0, 0.1) is 0 Å². The molecule has 194 valence electrons. The highest BCUT2D eigenvalue weighted by Gasteiger charge is 2.14. The van der Waals surface area contributed by atoms with Crippen LogP contribution in [0.25, 0.3) is 0 Å². The highest BCUT2D eigenvalue weighted by atomic mass is 16.6. The molecule has 3 aromatic carbocycles. The zero-order chi connectivity index (χ0) is 26.6. The summed E-state index contributed by atoms with van der Waals surface area (Å²) in [4.78, 5) is 25.0. The molecule has 0 aliphatic carbocycles. The van der Waals surface area contributed by atoms with Crippen LogP contribution in [0.15, 0.2) is 65.8 Å². The molecule has 0 fully saturated rings. The van der Waals surface area contributed by atoms with Crippen molar-refractivity contribution in [1.29, 1.82) is 0 Å². The number of ether oxygens (including phenoxy) is 5. The average molecular weight is 507 g/mol. The number of rotatable bonds is 12. The van der Waals surface area contributed by atoms with Crippen molar-refractivity contribution in [3.8, 4) is 28.7 Å². The second-order valence-corrected chi connectivity index (χ2v) is 7.80. The third kappa shape index (κ3) is 7.47. The number of methoxy groups -OCH3 is 3. The largest absolute Gasteiger partial charge is 0.494 e. The molecule has 0 aliphatic rings. The fourth-order valence-electron chi connectivity index (χ4n) is 3.24. The monoisotopic (exact) mass is 506 g/mol. The van der Waals surface area contributed by atoms with Crippen LogP contribution in [-0.4, -0.2) is 46.0 Å². The van der Waals surface area contributed by atoms with Gasteiger partial charge in [0.15, 0.2) is 23.0 Å². The lowest BCUT2D eigenvalue weighted by Gasteiger charge is -2.10. The molecular formula is C28H30N2O7. The Morgan fingerprint density at radius 1 is 0.811 bits per heavy atom. The lowest BCUT2D eigenvalue weighted by molar-refractivity contribution is 0.0729. The van der Waals surface area contributed by atoms with Gasteiger partial charge in [-0.25, -0.2) is 10.2 Å². The van der Waals surface area contributed by atoms with Crippen molar-refractivity contribution in [3.63, 3.8) is 0 Å². The Labute approximate surface area is 216 Å². The molecule has 0 spiro atoms. The van der Waals surface area contributed by atoms with Crippen LogP contribution >= 0.6 is 0 Å². The standard InChI is InChI=1S/C28H30N2O7/c1-5-6-15-36-22-11-8-20(9-12-22)28(32)37-24-13-7-19(16-25(24)34-3)18-29-30-27(31)21-10-14-23(33-2)26(17-21)35-4/h7-14,16-18H,5-6,15H2,1-4H3,(H,30,31)/b29-18-. The molecular weight excluding hydrogens is 476 g/mol. The van der Waals surface area contributed by atoms with E-state index in [9.17, 15) is 9.59 Å². The fourth-order valence-corrected chi connectivity index (χ4v) is 3.24. The molecule has 1 amide bonds. The zero-order valence-electron chi connectivity index (χ0n) is 21.3. The van der Waals surface area contributed by atoms with Gasteiger partial charge in [-0.15, -0.1) is 0 Å². The first-order chi connectivity index (χ1) is 18.0. The number of carbonyl (C=O) groups is 2. The highest BCUT2D eigenvalue weighted by molar-refractivity contribution is 5.95. The molecule has 37 heavy (non-hydrogen) atoms. The molecule has 0 saturated carbocycles. The molecule has 0 saturated heterocycles. The number of carbonyl (C=O) groups excluding carboxylic acids is 2. The van der Waals surface area contributed by atoms with Crippen LogP contribution in [0.1, 0.15) is 46.0 Å². The minimum atomic E-state index is -0.526. The SMILES string of the molecule is CCCCOc1ccc(C(=O)Oc2ccc(/C=N\NC(=O)c3ccc(OC)c(OC)c3)cc2OC)cc1. The van der Waals surface area contributed by atoms with E-state index in [0.717, 1.165) is 12.8 Å². The first-order valence-corrected chi connectivity index (χ1v) is 11.7. The Kier molecular flexibility index (Phi) is 9.90. The Hall–Kier alpha value is -4.53. The molecule has 3 rings (SSSR count). The molecule has 0 aliphatic heterocycles. The summed E-state index contributed by atoms with van der Waals surface area (Å²) in [6.45, 7) is 2.73. The van der Waals surface area contributed by atoms with Gasteiger partial charge in [-0.3, -0.25) is 4.79 Å². The van der Waals surface area contributed by atoms with Gasteiger partial charge in [0.2, 0.25) is 0 Å². The summed E-state index contributed by atoms with van der Waals surface area (Å²) in [6, 6.07) is 16.5.